The van der Waals surface area contributed by atoms with Crippen molar-refractivity contribution >= 4 is 86.2 Å². The van der Waals surface area contributed by atoms with Gasteiger partial charge in [0.1, 0.15) is 0 Å². The standard InChI is InChI=1S/C62H37N3.C62H39N3/c1-2-16-39(17-3-1)59-63-60(40-32-30-38(31-33-40)52-37-53-44-20-5-4-18-42(44)43-19-6-8-25-50(43)58(53)51-26-9-7-21-45(51)52)65-61(64-59)41-34-35-49-48-24-12-15-29-56(48)62(57(49)36-41)54-27-13-10-22-46(54)47-23-11-14-28-55(47)62;1-4-18-41(19-5-1)59-63-60(42-34-32-40(33-35-42)54-39-55-48-26-11-10-24-46(48)47-25-12-14-29-52(47)58(55)53-30-15-13-27-49(53)54)65-61(64-59)43-36-37-51-50-28-16-17-31-56(50)62(57(51)38-43,44-20-6-2-7-21-44)45-22-8-3-9-23-45/h1-37H;1-39H. The Morgan fingerprint density at radius 3 is 0.677 bits per heavy atom. The summed E-state index contributed by atoms with van der Waals surface area (Å²) in [5.41, 5.74) is 26.9. The molecule has 0 amide bonds. The van der Waals surface area contributed by atoms with E-state index in [0.717, 1.165) is 44.5 Å². The first-order valence-corrected chi connectivity index (χ1v) is 44.6. The Labute approximate surface area is 751 Å². The second kappa shape index (κ2) is 29.8. The van der Waals surface area contributed by atoms with E-state index in [4.69, 9.17) is 29.9 Å². The summed E-state index contributed by atoms with van der Waals surface area (Å²) in [4.78, 5) is 31.4. The van der Waals surface area contributed by atoms with Crippen LogP contribution in [0.25, 0.3) is 210 Å². The summed E-state index contributed by atoms with van der Waals surface area (Å²) in [5.74, 6) is 3.82. The maximum Gasteiger partial charge on any atom is 0.164 e. The van der Waals surface area contributed by atoms with Crippen LogP contribution in [0.3, 0.4) is 0 Å². The third kappa shape index (κ3) is 11.4. The van der Waals surface area contributed by atoms with Crippen molar-refractivity contribution in [2.75, 3.05) is 0 Å². The summed E-state index contributed by atoms with van der Waals surface area (Å²) in [6.07, 6.45) is 0. The van der Waals surface area contributed by atoms with Gasteiger partial charge in [0, 0.05) is 33.4 Å². The lowest BCUT2D eigenvalue weighted by Crippen LogP contribution is -2.28. The molecule has 602 valence electrons. The van der Waals surface area contributed by atoms with Crippen molar-refractivity contribution in [2.45, 2.75) is 10.8 Å². The number of hydrogen-bond donors (Lipinski definition) is 0. The van der Waals surface area contributed by atoms with Crippen LogP contribution < -0.4 is 0 Å². The average molecular weight is 1650 g/mol. The summed E-state index contributed by atoms with van der Waals surface area (Å²) in [6, 6.07) is 167. The van der Waals surface area contributed by atoms with Gasteiger partial charge in [-0.15, -0.1) is 0 Å². The quantitative estimate of drug-likeness (QED) is 0.127. The van der Waals surface area contributed by atoms with Crippen LogP contribution >= 0.6 is 0 Å². The van der Waals surface area contributed by atoms with E-state index < -0.39 is 10.8 Å². The lowest BCUT2D eigenvalue weighted by molar-refractivity contribution is 0.768. The molecule has 0 N–H and O–H groups in total. The predicted octanol–water partition coefficient (Wildman–Crippen LogP) is 31.0. The maximum atomic E-state index is 5.31. The number of benzene rings is 22. The summed E-state index contributed by atoms with van der Waals surface area (Å²) in [6.45, 7) is 0. The zero-order valence-corrected chi connectivity index (χ0v) is 70.6. The van der Waals surface area contributed by atoms with Crippen LogP contribution in [0.5, 0.6) is 0 Å². The van der Waals surface area contributed by atoms with Gasteiger partial charge in [0.15, 0.2) is 34.9 Å². The molecule has 0 unspecified atom stereocenters. The van der Waals surface area contributed by atoms with Crippen molar-refractivity contribution in [1.82, 2.24) is 29.9 Å². The van der Waals surface area contributed by atoms with Crippen molar-refractivity contribution in [1.29, 1.82) is 0 Å². The zero-order valence-electron chi connectivity index (χ0n) is 70.6. The van der Waals surface area contributed by atoms with Gasteiger partial charge in [-0.05, 0) is 211 Å². The van der Waals surface area contributed by atoms with Gasteiger partial charge in [-0.25, -0.2) is 29.9 Å². The minimum Gasteiger partial charge on any atom is -0.208 e. The fourth-order valence-corrected chi connectivity index (χ4v) is 22.1. The Bertz CT molecular complexity index is 8240. The monoisotopic (exact) mass is 1650 g/mol. The van der Waals surface area contributed by atoms with E-state index in [1.807, 2.05) is 36.4 Å². The number of hydrogen-bond acceptors (Lipinski definition) is 6. The van der Waals surface area contributed by atoms with Crippen LogP contribution in [0.1, 0.15) is 44.5 Å². The Hall–Kier alpha value is -17.1. The SMILES string of the molecule is c1ccc(-c2nc(-c3ccc(-c4cc5c6ccccc6c6ccccc6c5c5ccccc45)cc3)nc(-c3ccc4c(c3)C(c3ccccc3)(c3ccccc3)c3ccccc3-4)n2)cc1.c1ccc(-c2nc(-c3ccc(-c4cc5c6ccccc6c6ccccc6c5c5ccccc45)cc3)nc(-c3ccc4c(c3)C3(c5ccccc5-c5ccccc53)c3ccccc3-4)n2)cc1. The molecule has 130 heavy (non-hydrogen) atoms. The van der Waals surface area contributed by atoms with Gasteiger partial charge < -0.3 is 0 Å². The lowest BCUT2D eigenvalue weighted by Gasteiger charge is -2.34. The largest absolute Gasteiger partial charge is 0.208 e. The van der Waals surface area contributed by atoms with Crippen molar-refractivity contribution in [2.24, 2.45) is 0 Å². The van der Waals surface area contributed by atoms with Crippen molar-refractivity contribution in [3.05, 3.63) is 506 Å². The molecule has 0 bridgehead atoms. The van der Waals surface area contributed by atoms with Crippen LogP contribution in [0.2, 0.25) is 0 Å². The van der Waals surface area contributed by atoms with E-state index in [2.05, 4.69) is 425 Å². The molecular weight excluding hydrogens is 1570 g/mol. The molecule has 22 aromatic carbocycles. The van der Waals surface area contributed by atoms with Crippen LogP contribution in [-0.2, 0) is 10.8 Å². The molecule has 3 aliphatic rings. The first-order valence-electron chi connectivity index (χ1n) is 44.6. The minimum absolute atomic E-state index is 0.463. The molecule has 0 radical (unpaired) electrons. The second-order valence-corrected chi connectivity index (χ2v) is 34.4. The molecular formula is C124H76N6. The highest BCUT2D eigenvalue weighted by molar-refractivity contribution is 6.34. The zero-order chi connectivity index (χ0) is 85.5. The number of nitrogens with zero attached hydrogens (tertiary/aromatic N) is 6. The first kappa shape index (κ1) is 74.4. The highest BCUT2D eigenvalue weighted by Gasteiger charge is 2.52. The highest BCUT2D eigenvalue weighted by atomic mass is 15.0. The molecule has 6 heteroatoms. The Morgan fingerprint density at radius 1 is 0.123 bits per heavy atom. The second-order valence-electron chi connectivity index (χ2n) is 34.4. The lowest BCUT2D eigenvalue weighted by atomic mass is 9.67. The van der Waals surface area contributed by atoms with Crippen LogP contribution in [-0.4, -0.2) is 29.9 Å². The summed E-state index contributed by atoms with van der Waals surface area (Å²) >= 11 is 0. The molecule has 24 aromatic rings. The molecule has 1 spiro atoms. The molecule has 3 aliphatic carbocycles. The molecule has 0 aliphatic heterocycles. The predicted molar refractivity (Wildman–Crippen MR) is 537 cm³/mol. The van der Waals surface area contributed by atoms with Crippen LogP contribution in [0.15, 0.2) is 461 Å². The fraction of sp³-hybridized carbons (Fsp3) is 0.0161. The Morgan fingerprint density at radius 2 is 0.338 bits per heavy atom. The molecule has 0 atom stereocenters. The smallest absolute Gasteiger partial charge is 0.164 e. The summed E-state index contributed by atoms with van der Waals surface area (Å²) in [7, 11) is 0. The third-order valence-electron chi connectivity index (χ3n) is 27.7. The molecule has 2 heterocycles. The van der Waals surface area contributed by atoms with Crippen LogP contribution in [0, 0.1) is 0 Å². The van der Waals surface area contributed by atoms with E-state index in [0.29, 0.717) is 34.9 Å². The van der Waals surface area contributed by atoms with E-state index in [1.165, 1.54) is 175 Å². The fourth-order valence-electron chi connectivity index (χ4n) is 22.1. The summed E-state index contributed by atoms with van der Waals surface area (Å²) in [5, 5.41) is 20.2. The number of aromatic nitrogens is 6. The van der Waals surface area contributed by atoms with Crippen molar-refractivity contribution in [3.8, 4) is 124 Å². The highest BCUT2D eigenvalue weighted by Crippen LogP contribution is 2.64. The van der Waals surface area contributed by atoms with Crippen molar-refractivity contribution in [3.63, 3.8) is 0 Å². The first-order chi connectivity index (χ1) is 64.5. The minimum atomic E-state index is -0.537. The Kier molecular flexibility index (Phi) is 17.1. The van der Waals surface area contributed by atoms with E-state index in [-0.39, 0.29) is 0 Å². The Balaban J connectivity index is 0.000000137. The van der Waals surface area contributed by atoms with Crippen LogP contribution in [0.4, 0.5) is 0 Å². The van der Waals surface area contributed by atoms with Gasteiger partial charge in [-0.2, -0.15) is 0 Å². The molecule has 0 saturated heterocycles. The maximum absolute atomic E-state index is 5.31. The van der Waals surface area contributed by atoms with Crippen molar-refractivity contribution < 1.29 is 0 Å². The van der Waals surface area contributed by atoms with Gasteiger partial charge in [-0.1, -0.05) is 437 Å². The molecule has 0 fully saturated rings. The van der Waals surface area contributed by atoms with Gasteiger partial charge in [0.2, 0.25) is 0 Å². The van der Waals surface area contributed by atoms with Gasteiger partial charge >= 0.3 is 0 Å². The average Bonchev–Trinajstić information content (AvgIpc) is 1.50. The topological polar surface area (TPSA) is 77.3 Å². The molecule has 0 saturated carbocycles. The normalized spacial score (nSPS) is 12.9. The number of fused-ring (bicyclic) bond motifs is 29. The molecule has 6 nitrogen and oxygen atoms in total. The van der Waals surface area contributed by atoms with Gasteiger partial charge in [-0.3, -0.25) is 0 Å². The molecule has 27 rings (SSSR count). The van der Waals surface area contributed by atoms with E-state index >= 15 is 0 Å². The van der Waals surface area contributed by atoms with Gasteiger partial charge in [0.25, 0.3) is 0 Å². The third-order valence-corrected chi connectivity index (χ3v) is 27.7. The molecule has 2 aromatic heterocycles. The number of rotatable bonds is 10. The van der Waals surface area contributed by atoms with E-state index in [1.54, 1.807) is 0 Å². The van der Waals surface area contributed by atoms with Gasteiger partial charge in [0.05, 0.1) is 10.8 Å². The summed E-state index contributed by atoms with van der Waals surface area (Å²) < 4.78 is 0. The van der Waals surface area contributed by atoms with E-state index in [9.17, 15) is 0 Å².